The molecule has 0 aromatic heterocycles. The van der Waals surface area contributed by atoms with E-state index in [9.17, 15) is 23.2 Å². The third-order valence-electron chi connectivity index (χ3n) is 4.37. The van der Waals surface area contributed by atoms with Crippen molar-refractivity contribution in [1.82, 2.24) is 10.6 Å². The number of carbonyl (C=O) groups is 3. The van der Waals surface area contributed by atoms with Crippen LogP contribution in [-0.2, 0) is 14.4 Å². The number of rotatable bonds is 7. The van der Waals surface area contributed by atoms with Crippen molar-refractivity contribution in [3.8, 4) is 0 Å². The van der Waals surface area contributed by atoms with E-state index in [-0.39, 0.29) is 49.5 Å². The number of benzene rings is 1. The topological polar surface area (TPSA) is 78.5 Å². The van der Waals surface area contributed by atoms with E-state index in [1.54, 1.807) is 0 Å². The summed E-state index contributed by atoms with van der Waals surface area (Å²) in [4.78, 5) is 37.1. The molecule has 1 fully saturated rings. The lowest BCUT2D eigenvalue weighted by Gasteiger charge is -2.17. The molecule has 2 N–H and O–H groups in total. The minimum absolute atomic E-state index is 0.0201. The molecule has 1 aromatic rings. The molecule has 2 rings (SSSR count). The van der Waals surface area contributed by atoms with Crippen LogP contribution >= 0.6 is 0 Å². The van der Waals surface area contributed by atoms with E-state index in [2.05, 4.69) is 10.6 Å². The summed E-state index contributed by atoms with van der Waals surface area (Å²) in [6.45, 7) is 4.03. The second-order valence-corrected chi connectivity index (χ2v) is 6.42. The number of nitrogens with zero attached hydrogens (tertiary/aromatic N) is 1. The van der Waals surface area contributed by atoms with Crippen LogP contribution in [0.2, 0.25) is 0 Å². The summed E-state index contributed by atoms with van der Waals surface area (Å²) in [5, 5.41) is 5.42. The molecule has 6 nitrogen and oxygen atoms in total. The molecule has 1 aliphatic heterocycles. The lowest BCUT2D eigenvalue weighted by molar-refractivity contribution is -0.126. The van der Waals surface area contributed by atoms with Gasteiger partial charge >= 0.3 is 0 Å². The summed E-state index contributed by atoms with van der Waals surface area (Å²) in [7, 11) is 0. The molecule has 0 radical (unpaired) electrons. The van der Waals surface area contributed by atoms with Gasteiger partial charge in [-0.25, -0.2) is 8.78 Å². The molecule has 0 bridgehead atoms. The SMILES string of the molecule is CCC(C)NC(=O)CCNC(=O)C1CC(=O)N(c2ccc(F)cc2F)C1. The third-order valence-corrected chi connectivity index (χ3v) is 4.37. The Hall–Kier alpha value is -2.51. The second-order valence-electron chi connectivity index (χ2n) is 6.42. The first kappa shape index (κ1) is 19.8. The van der Waals surface area contributed by atoms with Crippen LogP contribution in [-0.4, -0.2) is 36.9 Å². The summed E-state index contributed by atoms with van der Waals surface area (Å²) in [6.07, 6.45) is 0.910. The van der Waals surface area contributed by atoms with Crippen LogP contribution in [0.1, 0.15) is 33.1 Å². The molecule has 1 aromatic carbocycles. The molecule has 1 aliphatic rings. The number of nitrogens with one attached hydrogen (secondary N) is 2. The first-order chi connectivity index (χ1) is 12.3. The summed E-state index contributed by atoms with van der Waals surface area (Å²) in [5.74, 6) is -3.13. The minimum Gasteiger partial charge on any atom is -0.355 e. The van der Waals surface area contributed by atoms with Crippen molar-refractivity contribution in [3.05, 3.63) is 29.8 Å². The molecular formula is C18H23F2N3O3. The van der Waals surface area contributed by atoms with Gasteiger partial charge in [-0.15, -0.1) is 0 Å². The summed E-state index contributed by atoms with van der Waals surface area (Å²) in [6, 6.07) is 3.02. The first-order valence-electron chi connectivity index (χ1n) is 8.64. The van der Waals surface area contributed by atoms with Crippen molar-refractivity contribution in [3.63, 3.8) is 0 Å². The van der Waals surface area contributed by atoms with Crippen molar-refractivity contribution >= 4 is 23.4 Å². The number of amides is 3. The maximum atomic E-state index is 13.8. The molecular weight excluding hydrogens is 344 g/mol. The van der Waals surface area contributed by atoms with Crippen molar-refractivity contribution in [2.24, 2.45) is 5.92 Å². The lowest BCUT2D eigenvalue weighted by Crippen LogP contribution is -2.37. The average molecular weight is 367 g/mol. The van der Waals surface area contributed by atoms with Gasteiger partial charge in [-0.05, 0) is 25.5 Å². The maximum absolute atomic E-state index is 13.8. The average Bonchev–Trinajstić information content (AvgIpc) is 2.96. The molecule has 3 amide bonds. The van der Waals surface area contributed by atoms with Crippen molar-refractivity contribution in [1.29, 1.82) is 0 Å². The monoisotopic (exact) mass is 367 g/mol. The predicted molar refractivity (Wildman–Crippen MR) is 92.3 cm³/mol. The standard InChI is InChI=1S/C18H23F2N3O3/c1-3-11(2)22-16(24)6-7-21-18(26)12-8-17(25)23(10-12)15-5-4-13(19)9-14(15)20/h4-5,9,11-12H,3,6-8,10H2,1-2H3,(H,21,26)(H,22,24). The second kappa shape index (κ2) is 8.73. The highest BCUT2D eigenvalue weighted by Crippen LogP contribution is 2.27. The van der Waals surface area contributed by atoms with E-state index in [0.717, 1.165) is 17.4 Å². The number of halogens is 2. The van der Waals surface area contributed by atoms with Gasteiger partial charge in [0.05, 0.1) is 11.6 Å². The lowest BCUT2D eigenvalue weighted by atomic mass is 10.1. The zero-order chi connectivity index (χ0) is 19.3. The zero-order valence-corrected chi connectivity index (χ0v) is 14.9. The summed E-state index contributed by atoms with van der Waals surface area (Å²) in [5.41, 5.74) is -0.0420. The van der Waals surface area contributed by atoms with E-state index in [4.69, 9.17) is 0 Å². The Kier molecular flexibility index (Phi) is 6.65. The molecule has 0 spiro atoms. The largest absolute Gasteiger partial charge is 0.355 e. The Morgan fingerprint density at radius 1 is 1.35 bits per heavy atom. The van der Waals surface area contributed by atoms with Crippen LogP contribution in [0.3, 0.4) is 0 Å². The fraction of sp³-hybridized carbons (Fsp3) is 0.500. The minimum atomic E-state index is -0.846. The van der Waals surface area contributed by atoms with Crippen molar-refractivity contribution in [2.45, 2.75) is 39.2 Å². The Bertz CT molecular complexity index is 696. The Balaban J connectivity index is 1.86. The van der Waals surface area contributed by atoms with Gasteiger partial charge < -0.3 is 15.5 Å². The van der Waals surface area contributed by atoms with Crippen LogP contribution in [0.5, 0.6) is 0 Å². The molecule has 0 aliphatic carbocycles. The number of carbonyl (C=O) groups excluding carboxylic acids is 3. The number of anilines is 1. The molecule has 1 heterocycles. The molecule has 0 saturated carbocycles. The highest BCUT2D eigenvalue weighted by molar-refractivity contribution is 6.00. The Morgan fingerprint density at radius 3 is 2.73 bits per heavy atom. The first-order valence-corrected chi connectivity index (χ1v) is 8.64. The summed E-state index contributed by atoms with van der Waals surface area (Å²) < 4.78 is 26.9. The van der Waals surface area contributed by atoms with Crippen molar-refractivity contribution < 1.29 is 23.2 Å². The normalized spacial score (nSPS) is 17.9. The fourth-order valence-corrected chi connectivity index (χ4v) is 2.71. The van der Waals surface area contributed by atoms with Crippen LogP contribution in [0.4, 0.5) is 14.5 Å². The Morgan fingerprint density at radius 2 is 2.08 bits per heavy atom. The van der Waals surface area contributed by atoms with E-state index >= 15 is 0 Å². The van der Waals surface area contributed by atoms with E-state index in [0.29, 0.717) is 6.07 Å². The van der Waals surface area contributed by atoms with Crippen LogP contribution in [0, 0.1) is 17.6 Å². The summed E-state index contributed by atoms with van der Waals surface area (Å²) >= 11 is 0. The maximum Gasteiger partial charge on any atom is 0.227 e. The van der Waals surface area contributed by atoms with Gasteiger partial charge in [0.2, 0.25) is 17.7 Å². The van der Waals surface area contributed by atoms with E-state index in [1.807, 2.05) is 13.8 Å². The van der Waals surface area contributed by atoms with Crippen LogP contribution < -0.4 is 15.5 Å². The fourth-order valence-electron chi connectivity index (χ4n) is 2.71. The quantitative estimate of drug-likeness (QED) is 0.771. The van der Waals surface area contributed by atoms with Gasteiger partial charge in [-0.1, -0.05) is 6.92 Å². The molecule has 8 heteroatoms. The number of hydrogen-bond acceptors (Lipinski definition) is 3. The van der Waals surface area contributed by atoms with Gasteiger partial charge in [-0.3, -0.25) is 14.4 Å². The highest BCUT2D eigenvalue weighted by atomic mass is 19.1. The van der Waals surface area contributed by atoms with Crippen LogP contribution in [0.25, 0.3) is 0 Å². The third kappa shape index (κ3) is 5.00. The molecule has 2 unspecified atom stereocenters. The molecule has 142 valence electrons. The number of hydrogen-bond donors (Lipinski definition) is 2. The van der Waals surface area contributed by atoms with Crippen molar-refractivity contribution in [2.75, 3.05) is 18.0 Å². The molecule has 2 atom stereocenters. The highest BCUT2D eigenvalue weighted by Gasteiger charge is 2.36. The van der Waals surface area contributed by atoms with Gasteiger partial charge in [0.15, 0.2) is 0 Å². The van der Waals surface area contributed by atoms with Gasteiger partial charge in [-0.2, -0.15) is 0 Å². The Labute approximate surface area is 150 Å². The van der Waals surface area contributed by atoms with E-state index in [1.165, 1.54) is 6.07 Å². The molecule has 1 saturated heterocycles. The zero-order valence-electron chi connectivity index (χ0n) is 14.9. The van der Waals surface area contributed by atoms with Gasteiger partial charge in [0.25, 0.3) is 0 Å². The van der Waals surface area contributed by atoms with E-state index < -0.39 is 23.5 Å². The van der Waals surface area contributed by atoms with Gasteiger partial charge in [0, 0.05) is 38.0 Å². The van der Waals surface area contributed by atoms with Gasteiger partial charge in [0.1, 0.15) is 11.6 Å². The smallest absolute Gasteiger partial charge is 0.227 e. The predicted octanol–water partition coefficient (Wildman–Crippen LogP) is 1.74. The molecule has 26 heavy (non-hydrogen) atoms. The van der Waals surface area contributed by atoms with Crippen LogP contribution in [0.15, 0.2) is 18.2 Å².